The van der Waals surface area contributed by atoms with Gasteiger partial charge >= 0.3 is 0 Å². The van der Waals surface area contributed by atoms with Gasteiger partial charge in [0, 0.05) is 17.3 Å². The van der Waals surface area contributed by atoms with Crippen molar-refractivity contribution < 1.29 is 0 Å². The average Bonchev–Trinajstić information content (AvgIpc) is 3.39. The fourth-order valence-electron chi connectivity index (χ4n) is 4.74. The Morgan fingerprint density at radius 3 is 2.14 bits per heavy atom. The molecule has 0 spiro atoms. The number of para-hydroxylation sites is 2. The van der Waals surface area contributed by atoms with E-state index in [4.69, 9.17) is 9.98 Å². The van der Waals surface area contributed by atoms with E-state index in [1.807, 2.05) is 6.21 Å². The Morgan fingerprint density at radius 2 is 1.41 bits per heavy atom. The molecule has 0 atom stereocenters. The van der Waals surface area contributed by atoms with Gasteiger partial charge in [0.1, 0.15) is 5.01 Å². The highest BCUT2D eigenvalue weighted by Crippen LogP contribution is 2.39. The third-order valence-electron chi connectivity index (χ3n) is 6.70. The van der Waals surface area contributed by atoms with E-state index in [0.29, 0.717) is 0 Å². The molecule has 2 nitrogen and oxygen atoms in total. The molecule has 186 valence electrons. The first-order valence-electron chi connectivity index (χ1n) is 13.5. The number of thiazole rings is 1. The molecule has 0 N–H and O–H groups in total. The van der Waals surface area contributed by atoms with Gasteiger partial charge in [-0.2, -0.15) is 0 Å². The van der Waals surface area contributed by atoms with E-state index >= 15 is 0 Å². The second kappa shape index (κ2) is 12.1. The van der Waals surface area contributed by atoms with Crippen LogP contribution in [-0.2, 0) is 12.8 Å². The van der Waals surface area contributed by atoms with Crippen LogP contribution in [0.25, 0.3) is 31.9 Å². The minimum Gasteiger partial charge on any atom is -0.256 e. The molecule has 1 aromatic heterocycles. The Hall–Kier alpha value is -3.56. The molecular weight excluding hydrogens is 468 g/mol. The highest BCUT2D eigenvalue weighted by atomic mass is 32.1. The standard InChI is InChI=1S/C34H34N2S/c1-3-5-13-25-21-26(14-6-4-2)23-27(22-25)24-35-31-19-11-10-17-30(31)34-36-33-29(18-12-20-32(33)37-34)28-15-8-7-9-16-28/h7-12,15-24H,3-6,13-14H2,1-2H3/b35-24+. The Bertz CT molecular complexity index is 1470. The van der Waals surface area contributed by atoms with Crippen LogP contribution in [-0.4, -0.2) is 11.2 Å². The lowest BCUT2D eigenvalue weighted by Crippen LogP contribution is -1.94. The maximum Gasteiger partial charge on any atom is 0.126 e. The molecule has 1 heterocycles. The Labute approximate surface area is 224 Å². The van der Waals surface area contributed by atoms with Crippen molar-refractivity contribution in [3.8, 4) is 21.7 Å². The van der Waals surface area contributed by atoms with Gasteiger partial charge < -0.3 is 0 Å². The molecule has 0 unspecified atom stereocenters. The highest BCUT2D eigenvalue weighted by molar-refractivity contribution is 7.21. The first-order valence-corrected chi connectivity index (χ1v) is 14.3. The molecule has 0 fully saturated rings. The van der Waals surface area contributed by atoms with E-state index < -0.39 is 0 Å². The van der Waals surface area contributed by atoms with Gasteiger partial charge in [0.25, 0.3) is 0 Å². The molecule has 37 heavy (non-hydrogen) atoms. The molecule has 0 saturated heterocycles. The van der Waals surface area contributed by atoms with E-state index in [1.165, 1.54) is 58.2 Å². The predicted octanol–water partition coefficient (Wildman–Crippen LogP) is 10.1. The van der Waals surface area contributed by atoms with Crippen LogP contribution in [0.5, 0.6) is 0 Å². The lowest BCUT2D eigenvalue weighted by Gasteiger charge is -2.08. The lowest BCUT2D eigenvalue weighted by atomic mass is 9.99. The van der Waals surface area contributed by atoms with Crippen LogP contribution in [0.1, 0.15) is 56.2 Å². The van der Waals surface area contributed by atoms with Gasteiger partial charge in [0.05, 0.1) is 15.9 Å². The number of nitrogens with zero attached hydrogens (tertiary/aromatic N) is 2. The molecular formula is C34H34N2S. The summed E-state index contributed by atoms with van der Waals surface area (Å²) in [7, 11) is 0. The number of unbranched alkanes of at least 4 members (excludes halogenated alkanes) is 2. The normalized spacial score (nSPS) is 11.5. The number of fused-ring (bicyclic) bond motifs is 1. The first kappa shape index (κ1) is 25.1. The van der Waals surface area contributed by atoms with Crippen LogP contribution >= 0.6 is 11.3 Å². The fourth-order valence-corrected chi connectivity index (χ4v) is 5.77. The van der Waals surface area contributed by atoms with Crippen LogP contribution in [0.15, 0.2) is 96.0 Å². The topological polar surface area (TPSA) is 25.2 Å². The summed E-state index contributed by atoms with van der Waals surface area (Å²) < 4.78 is 1.19. The molecule has 3 heteroatoms. The predicted molar refractivity (Wildman–Crippen MR) is 161 cm³/mol. The maximum absolute atomic E-state index is 5.12. The lowest BCUT2D eigenvalue weighted by molar-refractivity contribution is 0.780. The summed E-state index contributed by atoms with van der Waals surface area (Å²) in [4.78, 5) is 10.1. The number of rotatable bonds is 10. The molecule has 0 saturated carbocycles. The second-order valence-corrected chi connectivity index (χ2v) is 10.6. The van der Waals surface area contributed by atoms with Crippen molar-refractivity contribution in [1.29, 1.82) is 0 Å². The quantitative estimate of drug-likeness (QED) is 0.174. The molecule has 4 aromatic carbocycles. The molecule has 0 aliphatic rings. The summed E-state index contributed by atoms with van der Waals surface area (Å²) in [6.07, 6.45) is 9.16. The Balaban J connectivity index is 1.49. The van der Waals surface area contributed by atoms with Gasteiger partial charge in [-0.1, -0.05) is 99.5 Å². The van der Waals surface area contributed by atoms with Crippen LogP contribution in [0.2, 0.25) is 0 Å². The van der Waals surface area contributed by atoms with Gasteiger partial charge in [-0.15, -0.1) is 11.3 Å². The van der Waals surface area contributed by atoms with Crippen molar-refractivity contribution >= 4 is 33.5 Å². The van der Waals surface area contributed by atoms with Gasteiger partial charge in [-0.25, -0.2) is 4.98 Å². The zero-order chi connectivity index (χ0) is 25.5. The van der Waals surface area contributed by atoms with Crippen LogP contribution < -0.4 is 0 Å². The Kier molecular flexibility index (Phi) is 8.22. The highest BCUT2D eigenvalue weighted by Gasteiger charge is 2.13. The van der Waals surface area contributed by atoms with Gasteiger partial charge in [0.2, 0.25) is 0 Å². The largest absolute Gasteiger partial charge is 0.256 e. The molecule has 0 amide bonds. The number of aromatic nitrogens is 1. The number of aliphatic imine (C=N–C) groups is 1. The van der Waals surface area contributed by atoms with Crippen molar-refractivity contribution in [2.24, 2.45) is 4.99 Å². The Morgan fingerprint density at radius 1 is 0.730 bits per heavy atom. The second-order valence-electron chi connectivity index (χ2n) is 9.60. The average molecular weight is 503 g/mol. The molecule has 5 aromatic rings. The van der Waals surface area contributed by atoms with E-state index in [9.17, 15) is 0 Å². The van der Waals surface area contributed by atoms with E-state index in [-0.39, 0.29) is 0 Å². The first-order chi connectivity index (χ1) is 18.2. The SMILES string of the molecule is CCCCc1cc(/C=N/c2ccccc2-c2nc3c(-c4ccccc4)cccc3s2)cc(CCCC)c1. The summed E-state index contributed by atoms with van der Waals surface area (Å²) >= 11 is 1.73. The molecule has 0 aliphatic heterocycles. The number of aryl methyl sites for hydroxylation is 2. The maximum atomic E-state index is 5.12. The number of hydrogen-bond donors (Lipinski definition) is 0. The summed E-state index contributed by atoms with van der Waals surface area (Å²) in [5, 5.41) is 1.01. The monoisotopic (exact) mass is 502 g/mol. The van der Waals surface area contributed by atoms with Crippen molar-refractivity contribution in [3.63, 3.8) is 0 Å². The minimum absolute atomic E-state index is 0.955. The number of benzene rings is 4. The van der Waals surface area contributed by atoms with Crippen molar-refractivity contribution in [1.82, 2.24) is 4.98 Å². The molecule has 5 rings (SSSR count). The summed E-state index contributed by atoms with van der Waals surface area (Å²) in [6, 6.07) is 32.3. The van der Waals surface area contributed by atoms with Crippen LogP contribution in [0.3, 0.4) is 0 Å². The van der Waals surface area contributed by atoms with Crippen molar-refractivity contribution in [3.05, 3.63) is 108 Å². The van der Waals surface area contributed by atoms with Crippen LogP contribution in [0, 0.1) is 0 Å². The fraction of sp³-hybridized carbons (Fsp3) is 0.235. The van der Waals surface area contributed by atoms with Crippen molar-refractivity contribution in [2.75, 3.05) is 0 Å². The smallest absolute Gasteiger partial charge is 0.126 e. The van der Waals surface area contributed by atoms with E-state index in [1.54, 1.807) is 11.3 Å². The summed E-state index contributed by atoms with van der Waals surface area (Å²) in [6.45, 7) is 4.51. The van der Waals surface area contributed by atoms with Gasteiger partial charge in [-0.3, -0.25) is 4.99 Å². The van der Waals surface area contributed by atoms with E-state index in [2.05, 4.69) is 105 Å². The minimum atomic E-state index is 0.955. The molecule has 0 aliphatic carbocycles. The zero-order valence-electron chi connectivity index (χ0n) is 21.8. The number of hydrogen-bond acceptors (Lipinski definition) is 3. The molecule has 0 bridgehead atoms. The third-order valence-corrected chi connectivity index (χ3v) is 7.76. The zero-order valence-corrected chi connectivity index (χ0v) is 22.6. The van der Waals surface area contributed by atoms with Crippen LogP contribution in [0.4, 0.5) is 5.69 Å². The van der Waals surface area contributed by atoms with Gasteiger partial charge in [0.15, 0.2) is 0 Å². The van der Waals surface area contributed by atoms with Gasteiger partial charge in [-0.05, 0) is 66.1 Å². The third kappa shape index (κ3) is 6.06. The van der Waals surface area contributed by atoms with E-state index in [0.717, 1.165) is 34.6 Å². The summed E-state index contributed by atoms with van der Waals surface area (Å²) in [5.41, 5.74) is 9.48. The van der Waals surface area contributed by atoms with Crippen molar-refractivity contribution in [2.45, 2.75) is 52.4 Å². The summed E-state index contributed by atoms with van der Waals surface area (Å²) in [5.74, 6) is 0. The molecule has 0 radical (unpaired) electrons.